The van der Waals surface area contributed by atoms with Crippen LogP contribution in [0, 0.1) is 17.7 Å². The first kappa shape index (κ1) is 12.2. The standard InChI is InChI=1S/C14H20FNO/c1-9(2)10-4-12(5-10)16-13-6-11(15)7-14(8-13)17-3/h6-10,12,16H,4-5H2,1-3H3. The largest absolute Gasteiger partial charge is 0.497 e. The maximum Gasteiger partial charge on any atom is 0.128 e. The molecule has 3 heteroatoms. The molecule has 0 saturated heterocycles. The second-order valence-corrected chi connectivity index (χ2v) is 5.20. The van der Waals surface area contributed by atoms with Gasteiger partial charge in [0.25, 0.3) is 0 Å². The van der Waals surface area contributed by atoms with Crippen LogP contribution in [0.3, 0.4) is 0 Å². The van der Waals surface area contributed by atoms with E-state index in [0.717, 1.165) is 17.5 Å². The summed E-state index contributed by atoms with van der Waals surface area (Å²) in [7, 11) is 1.55. The fourth-order valence-corrected chi connectivity index (χ4v) is 2.32. The van der Waals surface area contributed by atoms with Crippen molar-refractivity contribution in [3.05, 3.63) is 24.0 Å². The second kappa shape index (κ2) is 4.94. The number of methoxy groups -OCH3 is 1. The Labute approximate surface area is 102 Å². The first-order valence-electron chi connectivity index (χ1n) is 6.19. The van der Waals surface area contributed by atoms with Gasteiger partial charge in [0, 0.05) is 23.9 Å². The molecule has 0 heterocycles. The summed E-state index contributed by atoms with van der Waals surface area (Å²) in [5, 5.41) is 3.36. The van der Waals surface area contributed by atoms with E-state index < -0.39 is 0 Å². The quantitative estimate of drug-likeness (QED) is 0.862. The minimum atomic E-state index is -0.258. The molecule has 17 heavy (non-hydrogen) atoms. The normalized spacial score (nSPS) is 23.4. The number of rotatable bonds is 4. The van der Waals surface area contributed by atoms with Crippen molar-refractivity contribution >= 4 is 5.69 Å². The van der Waals surface area contributed by atoms with E-state index in [9.17, 15) is 4.39 Å². The third-order valence-corrected chi connectivity index (χ3v) is 3.60. The fraction of sp³-hybridized carbons (Fsp3) is 0.571. The highest BCUT2D eigenvalue weighted by Gasteiger charge is 2.30. The molecule has 2 rings (SSSR count). The zero-order valence-electron chi connectivity index (χ0n) is 10.7. The lowest BCUT2D eigenvalue weighted by Gasteiger charge is -2.39. The second-order valence-electron chi connectivity index (χ2n) is 5.20. The van der Waals surface area contributed by atoms with Crippen LogP contribution in [0.25, 0.3) is 0 Å². The molecule has 1 saturated carbocycles. The Balaban J connectivity index is 1.94. The van der Waals surface area contributed by atoms with Gasteiger partial charge in [-0.1, -0.05) is 13.8 Å². The van der Waals surface area contributed by atoms with Crippen LogP contribution >= 0.6 is 0 Å². The number of ether oxygens (including phenoxy) is 1. The van der Waals surface area contributed by atoms with Crippen molar-refractivity contribution in [1.82, 2.24) is 0 Å². The third kappa shape index (κ3) is 2.90. The maximum absolute atomic E-state index is 13.3. The Morgan fingerprint density at radius 3 is 2.59 bits per heavy atom. The SMILES string of the molecule is COc1cc(F)cc(NC2CC(C(C)C)C2)c1. The molecule has 1 N–H and O–H groups in total. The minimum absolute atomic E-state index is 0.258. The van der Waals surface area contributed by atoms with Gasteiger partial charge in [-0.05, 0) is 30.7 Å². The third-order valence-electron chi connectivity index (χ3n) is 3.60. The lowest BCUT2D eigenvalue weighted by molar-refractivity contribution is 0.212. The molecule has 0 atom stereocenters. The van der Waals surface area contributed by atoms with Gasteiger partial charge in [0.1, 0.15) is 11.6 Å². The predicted octanol–water partition coefficient (Wildman–Crippen LogP) is 3.68. The first-order chi connectivity index (χ1) is 8.08. The molecule has 0 aliphatic heterocycles. The Hall–Kier alpha value is -1.25. The Morgan fingerprint density at radius 2 is 2.00 bits per heavy atom. The molecule has 0 aromatic heterocycles. The van der Waals surface area contributed by atoms with Gasteiger partial charge >= 0.3 is 0 Å². The van der Waals surface area contributed by atoms with Crippen molar-refractivity contribution in [2.45, 2.75) is 32.7 Å². The average molecular weight is 237 g/mol. The van der Waals surface area contributed by atoms with Gasteiger partial charge in [-0.3, -0.25) is 0 Å². The highest BCUT2D eigenvalue weighted by atomic mass is 19.1. The summed E-state index contributed by atoms with van der Waals surface area (Å²) in [5.41, 5.74) is 0.814. The lowest BCUT2D eigenvalue weighted by atomic mass is 9.73. The van der Waals surface area contributed by atoms with Gasteiger partial charge < -0.3 is 10.1 Å². The zero-order valence-corrected chi connectivity index (χ0v) is 10.7. The van der Waals surface area contributed by atoms with Gasteiger partial charge in [-0.25, -0.2) is 4.39 Å². The molecule has 1 aliphatic carbocycles. The van der Waals surface area contributed by atoms with Gasteiger partial charge in [0.05, 0.1) is 7.11 Å². The van der Waals surface area contributed by atoms with Crippen molar-refractivity contribution in [2.75, 3.05) is 12.4 Å². The topological polar surface area (TPSA) is 21.3 Å². The molecule has 94 valence electrons. The minimum Gasteiger partial charge on any atom is -0.497 e. The monoisotopic (exact) mass is 237 g/mol. The molecule has 1 aromatic rings. The summed E-state index contributed by atoms with van der Waals surface area (Å²) in [4.78, 5) is 0. The molecule has 0 spiro atoms. The number of anilines is 1. The Bertz CT molecular complexity index is 386. The van der Waals surface area contributed by atoms with Crippen molar-refractivity contribution in [2.24, 2.45) is 11.8 Å². The molecule has 1 aliphatic rings. The van der Waals surface area contributed by atoms with E-state index in [4.69, 9.17) is 4.74 Å². The Kier molecular flexibility index (Phi) is 3.55. The van der Waals surface area contributed by atoms with Crippen molar-refractivity contribution in [3.63, 3.8) is 0 Å². The van der Waals surface area contributed by atoms with E-state index in [1.165, 1.54) is 25.0 Å². The molecule has 1 fully saturated rings. The van der Waals surface area contributed by atoms with E-state index in [2.05, 4.69) is 19.2 Å². The van der Waals surface area contributed by atoms with Gasteiger partial charge in [0.15, 0.2) is 0 Å². The van der Waals surface area contributed by atoms with Crippen LogP contribution < -0.4 is 10.1 Å². The highest BCUT2D eigenvalue weighted by molar-refractivity contribution is 5.49. The van der Waals surface area contributed by atoms with Crippen LogP contribution in [0.2, 0.25) is 0 Å². The molecule has 2 nitrogen and oxygen atoms in total. The van der Waals surface area contributed by atoms with E-state index in [1.807, 2.05) is 6.07 Å². The van der Waals surface area contributed by atoms with Crippen molar-refractivity contribution in [1.29, 1.82) is 0 Å². The maximum atomic E-state index is 13.3. The lowest BCUT2D eigenvalue weighted by Crippen LogP contribution is -2.37. The summed E-state index contributed by atoms with van der Waals surface area (Å²) in [6.45, 7) is 4.51. The molecule has 0 unspecified atom stereocenters. The molecule has 0 radical (unpaired) electrons. The number of benzene rings is 1. The smallest absolute Gasteiger partial charge is 0.128 e. The van der Waals surface area contributed by atoms with Crippen LogP contribution in [0.1, 0.15) is 26.7 Å². The predicted molar refractivity (Wildman–Crippen MR) is 67.9 cm³/mol. The molecular weight excluding hydrogens is 217 g/mol. The summed E-state index contributed by atoms with van der Waals surface area (Å²) in [6, 6.07) is 5.23. The van der Waals surface area contributed by atoms with Crippen LogP contribution in [-0.2, 0) is 0 Å². The van der Waals surface area contributed by atoms with Gasteiger partial charge in [-0.2, -0.15) is 0 Å². The summed E-state index contributed by atoms with van der Waals surface area (Å²) in [6.07, 6.45) is 2.35. The number of halogens is 1. The fourth-order valence-electron chi connectivity index (χ4n) is 2.32. The zero-order chi connectivity index (χ0) is 12.4. The molecular formula is C14H20FNO. The number of hydrogen-bond acceptors (Lipinski definition) is 2. The molecule has 0 bridgehead atoms. The summed E-state index contributed by atoms with van der Waals surface area (Å²) in [5.74, 6) is 1.86. The van der Waals surface area contributed by atoms with Crippen LogP contribution in [-0.4, -0.2) is 13.2 Å². The van der Waals surface area contributed by atoms with E-state index in [1.54, 1.807) is 7.11 Å². The van der Waals surface area contributed by atoms with Gasteiger partial charge in [0.2, 0.25) is 0 Å². The average Bonchev–Trinajstić information content (AvgIpc) is 2.21. The van der Waals surface area contributed by atoms with Crippen molar-refractivity contribution in [3.8, 4) is 5.75 Å². The Morgan fingerprint density at radius 1 is 1.29 bits per heavy atom. The van der Waals surface area contributed by atoms with Crippen LogP contribution in [0.5, 0.6) is 5.75 Å². The van der Waals surface area contributed by atoms with Crippen molar-refractivity contribution < 1.29 is 9.13 Å². The van der Waals surface area contributed by atoms with Gasteiger partial charge in [-0.15, -0.1) is 0 Å². The van der Waals surface area contributed by atoms with E-state index in [0.29, 0.717) is 11.8 Å². The first-order valence-corrected chi connectivity index (χ1v) is 6.19. The van der Waals surface area contributed by atoms with E-state index in [-0.39, 0.29) is 5.82 Å². The van der Waals surface area contributed by atoms with E-state index >= 15 is 0 Å². The summed E-state index contributed by atoms with van der Waals surface area (Å²) < 4.78 is 18.3. The summed E-state index contributed by atoms with van der Waals surface area (Å²) >= 11 is 0. The molecule has 1 aromatic carbocycles. The van der Waals surface area contributed by atoms with Crippen LogP contribution in [0.15, 0.2) is 18.2 Å². The molecule has 0 amide bonds. The highest BCUT2D eigenvalue weighted by Crippen LogP contribution is 2.36. The number of nitrogens with one attached hydrogen (secondary N) is 1. The van der Waals surface area contributed by atoms with Crippen LogP contribution in [0.4, 0.5) is 10.1 Å². The number of hydrogen-bond donors (Lipinski definition) is 1.